The summed E-state index contributed by atoms with van der Waals surface area (Å²) < 4.78 is 28.1. The average Bonchev–Trinajstić information content (AvgIpc) is 2.60. The molecule has 3 N–H and O–H groups in total. The van der Waals surface area contributed by atoms with Crippen LogP contribution in [0.3, 0.4) is 0 Å². The number of nitrogen functional groups attached to an aromatic ring is 1. The van der Waals surface area contributed by atoms with Gasteiger partial charge in [-0.15, -0.1) is 0 Å². The van der Waals surface area contributed by atoms with Crippen LogP contribution < -0.4 is 11.1 Å². The van der Waals surface area contributed by atoms with Gasteiger partial charge in [-0.1, -0.05) is 20.8 Å². The Balaban J connectivity index is 2.88. The third kappa shape index (κ3) is 3.84. The molecule has 0 aliphatic rings. The van der Waals surface area contributed by atoms with Crippen molar-refractivity contribution in [1.29, 1.82) is 0 Å². The highest BCUT2D eigenvalue weighted by molar-refractivity contribution is 7.91. The first-order valence-electron chi connectivity index (χ1n) is 6.10. The molecule has 0 saturated carbocycles. The molecule has 0 unspecified atom stereocenters. The minimum Gasteiger partial charge on any atom is -0.382 e. The quantitative estimate of drug-likeness (QED) is 0.805. The molecule has 18 heavy (non-hydrogen) atoms. The van der Waals surface area contributed by atoms with E-state index >= 15 is 0 Å². The number of nitrogens with one attached hydrogen (secondary N) is 1. The zero-order chi connectivity index (χ0) is 13.8. The summed E-state index contributed by atoms with van der Waals surface area (Å²) in [6, 6.07) is 0. The molecule has 104 valence electrons. The van der Waals surface area contributed by atoms with Crippen LogP contribution in [0.5, 0.6) is 0 Å². The summed E-state index contributed by atoms with van der Waals surface area (Å²) in [6.07, 6.45) is 1.55. The molecule has 5 nitrogen and oxygen atoms in total. The van der Waals surface area contributed by atoms with E-state index in [2.05, 4.69) is 23.5 Å². The normalized spacial score (nSPS) is 12.0. The van der Waals surface area contributed by atoms with Crippen molar-refractivity contribution >= 4 is 32.2 Å². The van der Waals surface area contributed by atoms with Crippen LogP contribution in [0.1, 0.15) is 33.6 Å². The third-order valence-corrected chi connectivity index (χ3v) is 5.39. The minimum atomic E-state index is -3.32. The molecule has 0 fully saturated rings. The Morgan fingerprint density at radius 1 is 1.44 bits per heavy atom. The van der Waals surface area contributed by atoms with Crippen molar-refractivity contribution in [2.24, 2.45) is 5.92 Å². The van der Waals surface area contributed by atoms with Gasteiger partial charge < -0.3 is 11.1 Å². The molecule has 0 saturated heterocycles. The first kappa shape index (κ1) is 15.2. The molecule has 0 aliphatic carbocycles. The second kappa shape index (κ2) is 6.38. The maximum atomic E-state index is 12.1. The SMILES string of the molecule is CCCS(=O)(=O)c1c(N)nsc1NCCC(C)C. The molecule has 0 amide bonds. The Labute approximate surface area is 113 Å². The van der Waals surface area contributed by atoms with E-state index in [0.29, 0.717) is 17.3 Å². The van der Waals surface area contributed by atoms with Crippen molar-refractivity contribution in [3.8, 4) is 0 Å². The number of hydrogen-bond acceptors (Lipinski definition) is 6. The van der Waals surface area contributed by atoms with E-state index in [9.17, 15) is 8.42 Å². The van der Waals surface area contributed by atoms with Crippen molar-refractivity contribution in [2.75, 3.05) is 23.3 Å². The van der Waals surface area contributed by atoms with Gasteiger partial charge in [-0.05, 0) is 30.3 Å². The van der Waals surface area contributed by atoms with Crippen LogP contribution >= 0.6 is 11.5 Å². The summed E-state index contributed by atoms with van der Waals surface area (Å²) in [5.41, 5.74) is 5.67. The molecular weight excluding hydrogens is 270 g/mol. The first-order valence-corrected chi connectivity index (χ1v) is 8.52. The minimum absolute atomic E-state index is 0.106. The summed E-state index contributed by atoms with van der Waals surface area (Å²) in [7, 11) is -3.32. The van der Waals surface area contributed by atoms with Crippen molar-refractivity contribution < 1.29 is 8.42 Å². The van der Waals surface area contributed by atoms with Crippen LogP contribution in [-0.4, -0.2) is 25.1 Å². The van der Waals surface area contributed by atoms with Crippen molar-refractivity contribution in [3.05, 3.63) is 0 Å². The van der Waals surface area contributed by atoms with Crippen LogP contribution in [0.25, 0.3) is 0 Å². The Morgan fingerprint density at radius 2 is 2.11 bits per heavy atom. The monoisotopic (exact) mass is 291 g/mol. The predicted molar refractivity (Wildman–Crippen MR) is 76.8 cm³/mol. The fourth-order valence-electron chi connectivity index (χ4n) is 1.55. The molecule has 1 rings (SSSR count). The van der Waals surface area contributed by atoms with Crippen molar-refractivity contribution in [3.63, 3.8) is 0 Å². The third-order valence-electron chi connectivity index (χ3n) is 2.47. The van der Waals surface area contributed by atoms with Crippen LogP contribution in [0.15, 0.2) is 4.90 Å². The molecule has 0 radical (unpaired) electrons. The molecule has 1 aromatic heterocycles. The summed E-state index contributed by atoms with van der Waals surface area (Å²) in [4.78, 5) is 0.179. The van der Waals surface area contributed by atoms with Crippen molar-refractivity contribution in [2.45, 2.75) is 38.5 Å². The number of aromatic nitrogens is 1. The molecule has 0 aliphatic heterocycles. The van der Waals surface area contributed by atoms with Crippen LogP contribution in [0.4, 0.5) is 10.8 Å². The summed E-state index contributed by atoms with van der Waals surface area (Å²) >= 11 is 1.12. The Kier molecular flexibility index (Phi) is 5.40. The lowest BCUT2D eigenvalue weighted by molar-refractivity contribution is 0.595. The van der Waals surface area contributed by atoms with E-state index < -0.39 is 9.84 Å². The highest BCUT2D eigenvalue weighted by Crippen LogP contribution is 2.32. The fourth-order valence-corrected chi connectivity index (χ4v) is 4.20. The number of sulfone groups is 1. The Bertz CT molecular complexity index is 480. The second-order valence-electron chi connectivity index (χ2n) is 4.65. The van der Waals surface area contributed by atoms with Crippen LogP contribution in [-0.2, 0) is 9.84 Å². The van der Waals surface area contributed by atoms with E-state index in [-0.39, 0.29) is 16.5 Å². The lowest BCUT2D eigenvalue weighted by atomic mass is 10.1. The van der Waals surface area contributed by atoms with E-state index in [4.69, 9.17) is 5.73 Å². The van der Waals surface area contributed by atoms with Gasteiger partial charge in [0.2, 0.25) is 0 Å². The van der Waals surface area contributed by atoms with E-state index in [1.165, 1.54) is 0 Å². The van der Waals surface area contributed by atoms with Gasteiger partial charge in [0.1, 0.15) is 9.90 Å². The molecule has 7 heteroatoms. The zero-order valence-electron chi connectivity index (χ0n) is 11.1. The zero-order valence-corrected chi connectivity index (χ0v) is 12.7. The number of anilines is 2. The summed E-state index contributed by atoms with van der Waals surface area (Å²) in [5.74, 6) is 0.785. The Morgan fingerprint density at radius 3 is 2.67 bits per heavy atom. The van der Waals surface area contributed by atoms with E-state index in [1.54, 1.807) is 0 Å². The van der Waals surface area contributed by atoms with Gasteiger partial charge in [0, 0.05) is 6.54 Å². The fraction of sp³-hybridized carbons (Fsp3) is 0.727. The first-order chi connectivity index (χ1) is 8.38. The average molecular weight is 291 g/mol. The van der Waals surface area contributed by atoms with Gasteiger partial charge in [-0.3, -0.25) is 0 Å². The number of hydrogen-bond donors (Lipinski definition) is 2. The van der Waals surface area contributed by atoms with Crippen molar-refractivity contribution in [1.82, 2.24) is 4.37 Å². The molecule has 0 bridgehead atoms. The predicted octanol–water partition coefficient (Wildman–Crippen LogP) is 2.37. The van der Waals surface area contributed by atoms with Gasteiger partial charge in [-0.2, -0.15) is 4.37 Å². The standard InChI is InChI=1S/C11H21N3O2S2/c1-4-7-18(15,16)9-10(12)14-17-11(9)13-6-5-8(2)3/h8,13H,4-7H2,1-3H3,(H2,12,14). The molecule has 1 heterocycles. The number of rotatable bonds is 7. The lowest BCUT2D eigenvalue weighted by Gasteiger charge is -2.08. The van der Waals surface area contributed by atoms with Crippen LogP contribution in [0, 0.1) is 5.92 Å². The molecule has 1 aromatic rings. The van der Waals surface area contributed by atoms with Gasteiger partial charge in [-0.25, -0.2) is 8.42 Å². The molecule has 0 aromatic carbocycles. The van der Waals surface area contributed by atoms with Crippen LogP contribution in [0.2, 0.25) is 0 Å². The van der Waals surface area contributed by atoms with Gasteiger partial charge in [0.25, 0.3) is 0 Å². The molecular formula is C11H21N3O2S2. The molecule has 0 spiro atoms. The summed E-state index contributed by atoms with van der Waals surface area (Å²) in [5, 5.41) is 3.70. The van der Waals surface area contributed by atoms with Gasteiger partial charge >= 0.3 is 0 Å². The van der Waals surface area contributed by atoms with E-state index in [1.807, 2.05) is 6.92 Å². The van der Waals surface area contributed by atoms with Gasteiger partial charge in [0.15, 0.2) is 15.7 Å². The largest absolute Gasteiger partial charge is 0.382 e. The van der Waals surface area contributed by atoms with Gasteiger partial charge in [0.05, 0.1) is 5.75 Å². The number of nitrogens with two attached hydrogens (primary N) is 1. The smallest absolute Gasteiger partial charge is 0.185 e. The maximum absolute atomic E-state index is 12.1. The number of nitrogens with zero attached hydrogens (tertiary/aromatic N) is 1. The van der Waals surface area contributed by atoms with E-state index in [0.717, 1.165) is 24.5 Å². The Hall–Kier alpha value is -0.820. The lowest BCUT2D eigenvalue weighted by Crippen LogP contribution is -2.11. The summed E-state index contributed by atoms with van der Waals surface area (Å²) in [6.45, 7) is 6.81. The highest BCUT2D eigenvalue weighted by Gasteiger charge is 2.24. The highest BCUT2D eigenvalue weighted by atomic mass is 32.2. The maximum Gasteiger partial charge on any atom is 0.185 e. The topological polar surface area (TPSA) is 85.1 Å². The molecule has 0 atom stereocenters. The second-order valence-corrected chi connectivity index (χ2v) is 7.47.